The normalized spacial score (nSPS) is 20.5. The number of ketones is 1. The largest absolute Gasteiger partial charge is 0.388 e. The summed E-state index contributed by atoms with van der Waals surface area (Å²) in [6.07, 6.45) is 2.81. The molecule has 28 heavy (non-hydrogen) atoms. The average molecular weight is 380 g/mol. The van der Waals surface area contributed by atoms with Crippen LogP contribution in [0.5, 0.6) is 0 Å². The fourth-order valence-corrected chi connectivity index (χ4v) is 3.70. The molecule has 0 radical (unpaired) electrons. The molecule has 0 aliphatic carbocycles. The van der Waals surface area contributed by atoms with Crippen LogP contribution in [0.2, 0.25) is 0 Å². The van der Waals surface area contributed by atoms with Gasteiger partial charge in [-0.05, 0) is 25.5 Å². The van der Waals surface area contributed by atoms with Crippen molar-refractivity contribution >= 4 is 5.78 Å². The van der Waals surface area contributed by atoms with Crippen LogP contribution in [0.3, 0.4) is 0 Å². The Kier molecular flexibility index (Phi) is 5.13. The first kappa shape index (κ1) is 19.0. The lowest BCUT2D eigenvalue weighted by molar-refractivity contribution is -0.228. The fraction of sp³-hybridized carbons (Fsp3) is 0.435. The van der Waals surface area contributed by atoms with E-state index in [0.717, 1.165) is 29.9 Å². The summed E-state index contributed by atoms with van der Waals surface area (Å²) in [5.74, 6) is -0.108. The molecule has 5 nitrogen and oxygen atoms in total. The summed E-state index contributed by atoms with van der Waals surface area (Å²) in [5, 5.41) is 3.45. The van der Waals surface area contributed by atoms with Gasteiger partial charge in [0.05, 0.1) is 24.8 Å². The first-order chi connectivity index (χ1) is 13.4. The van der Waals surface area contributed by atoms with Crippen LogP contribution in [0.25, 0.3) is 0 Å². The van der Waals surface area contributed by atoms with E-state index in [-0.39, 0.29) is 23.4 Å². The van der Waals surface area contributed by atoms with Gasteiger partial charge in [0, 0.05) is 28.9 Å². The maximum Gasteiger partial charge on any atom is 0.209 e. The number of aromatic nitrogens is 1. The fourth-order valence-electron chi connectivity index (χ4n) is 3.70. The van der Waals surface area contributed by atoms with Gasteiger partial charge in [-0.2, -0.15) is 0 Å². The molecule has 1 unspecified atom stereocenters. The summed E-state index contributed by atoms with van der Waals surface area (Å²) in [6, 6.07) is 11.5. The van der Waals surface area contributed by atoms with Gasteiger partial charge in [0.2, 0.25) is 5.78 Å². The zero-order valence-corrected chi connectivity index (χ0v) is 16.7. The third-order valence-electron chi connectivity index (χ3n) is 5.32. The number of aryl methyl sites for hydroxylation is 1. The highest BCUT2D eigenvalue weighted by molar-refractivity contribution is 6.07. The molecule has 5 heteroatoms. The van der Waals surface area contributed by atoms with E-state index in [1.165, 1.54) is 0 Å². The molecule has 4 rings (SSSR count). The van der Waals surface area contributed by atoms with Crippen LogP contribution in [0.4, 0.5) is 0 Å². The number of H-pyrrole nitrogens is 1. The molecule has 0 bridgehead atoms. The smallest absolute Gasteiger partial charge is 0.209 e. The van der Waals surface area contributed by atoms with E-state index in [9.17, 15) is 4.79 Å². The molecule has 1 aromatic carbocycles. The molecule has 2 aliphatic rings. The van der Waals surface area contributed by atoms with E-state index >= 15 is 0 Å². The van der Waals surface area contributed by atoms with Gasteiger partial charge < -0.3 is 19.8 Å². The number of hydrogen-bond donors (Lipinski definition) is 2. The minimum atomic E-state index is -0.370. The maximum atomic E-state index is 12.9. The minimum absolute atomic E-state index is 0.00928. The first-order valence-electron chi connectivity index (χ1n) is 9.90. The lowest BCUT2D eigenvalue weighted by Crippen LogP contribution is -2.42. The van der Waals surface area contributed by atoms with Crippen molar-refractivity contribution in [2.45, 2.75) is 39.4 Å². The molecule has 0 spiro atoms. The van der Waals surface area contributed by atoms with E-state index in [2.05, 4.69) is 30.2 Å². The highest BCUT2D eigenvalue weighted by Crippen LogP contribution is 2.35. The van der Waals surface area contributed by atoms with E-state index < -0.39 is 0 Å². The molecular weight excluding hydrogens is 352 g/mol. The maximum absolute atomic E-state index is 12.9. The monoisotopic (exact) mass is 380 g/mol. The van der Waals surface area contributed by atoms with E-state index in [0.29, 0.717) is 24.5 Å². The van der Waals surface area contributed by atoms with Gasteiger partial charge >= 0.3 is 0 Å². The number of ether oxygens (including phenoxy) is 2. The lowest BCUT2D eigenvalue weighted by atomic mass is 9.93. The van der Waals surface area contributed by atoms with Crippen LogP contribution in [0.15, 0.2) is 48.2 Å². The Morgan fingerprint density at radius 2 is 1.82 bits per heavy atom. The lowest BCUT2D eigenvalue weighted by Gasteiger charge is -2.38. The molecule has 2 N–H and O–H groups in total. The summed E-state index contributed by atoms with van der Waals surface area (Å²) >= 11 is 0. The van der Waals surface area contributed by atoms with Gasteiger partial charge in [-0.15, -0.1) is 0 Å². The quantitative estimate of drug-likeness (QED) is 0.772. The zero-order valence-electron chi connectivity index (χ0n) is 16.7. The van der Waals surface area contributed by atoms with Gasteiger partial charge in [0.25, 0.3) is 0 Å². The molecule has 2 aliphatic heterocycles. The summed E-state index contributed by atoms with van der Waals surface area (Å²) in [6.45, 7) is 8.50. The van der Waals surface area contributed by atoms with E-state index in [1.807, 2.05) is 43.3 Å². The second-order valence-electron chi connectivity index (χ2n) is 8.53. The van der Waals surface area contributed by atoms with Gasteiger partial charge in [-0.3, -0.25) is 4.79 Å². The third kappa shape index (κ3) is 3.91. The SMILES string of the molecule is Cc1ccc(C(=O)c2ccc(C(C3=CCCN3)C3OCC(C)(C)CO3)[nH]2)cc1. The Labute approximate surface area is 166 Å². The Hall–Kier alpha value is -2.37. The summed E-state index contributed by atoms with van der Waals surface area (Å²) in [7, 11) is 0. The van der Waals surface area contributed by atoms with Crippen molar-refractivity contribution in [1.82, 2.24) is 10.3 Å². The van der Waals surface area contributed by atoms with Gasteiger partial charge in [0.1, 0.15) is 0 Å². The Bertz CT molecular complexity index is 870. The van der Waals surface area contributed by atoms with Crippen LogP contribution >= 0.6 is 0 Å². The zero-order chi connectivity index (χ0) is 19.7. The highest BCUT2D eigenvalue weighted by Gasteiger charge is 2.37. The number of nitrogens with one attached hydrogen (secondary N) is 2. The Balaban J connectivity index is 1.59. The van der Waals surface area contributed by atoms with Gasteiger partial charge in [0.15, 0.2) is 6.29 Å². The molecule has 0 amide bonds. The molecule has 1 saturated heterocycles. The predicted octanol–water partition coefficient (Wildman–Crippen LogP) is 3.91. The van der Waals surface area contributed by atoms with Crippen LogP contribution in [-0.4, -0.2) is 36.8 Å². The van der Waals surface area contributed by atoms with Crippen molar-refractivity contribution in [2.24, 2.45) is 5.41 Å². The predicted molar refractivity (Wildman–Crippen MR) is 108 cm³/mol. The molecule has 0 saturated carbocycles. The van der Waals surface area contributed by atoms with Crippen LogP contribution in [0, 0.1) is 12.3 Å². The van der Waals surface area contributed by atoms with Gasteiger partial charge in [-0.25, -0.2) is 0 Å². The molecule has 1 atom stereocenters. The number of rotatable bonds is 5. The first-order valence-corrected chi connectivity index (χ1v) is 9.90. The summed E-state index contributed by atoms with van der Waals surface area (Å²) in [4.78, 5) is 16.2. The van der Waals surface area contributed by atoms with Crippen molar-refractivity contribution in [3.63, 3.8) is 0 Å². The number of carbonyl (C=O) groups excluding carboxylic acids is 1. The number of aromatic amines is 1. The van der Waals surface area contributed by atoms with Crippen molar-refractivity contribution in [2.75, 3.05) is 19.8 Å². The molecule has 1 fully saturated rings. The Morgan fingerprint density at radius 3 is 2.46 bits per heavy atom. The van der Waals surface area contributed by atoms with Crippen molar-refractivity contribution in [3.8, 4) is 0 Å². The van der Waals surface area contributed by atoms with Crippen molar-refractivity contribution in [1.29, 1.82) is 0 Å². The van der Waals surface area contributed by atoms with E-state index in [4.69, 9.17) is 9.47 Å². The number of benzene rings is 1. The number of hydrogen-bond acceptors (Lipinski definition) is 4. The van der Waals surface area contributed by atoms with E-state index in [1.54, 1.807) is 0 Å². The van der Waals surface area contributed by atoms with Crippen LogP contribution in [0.1, 0.15) is 53.5 Å². The second-order valence-corrected chi connectivity index (χ2v) is 8.53. The Morgan fingerprint density at radius 1 is 1.11 bits per heavy atom. The molecular formula is C23H28N2O3. The molecule has 1 aromatic heterocycles. The highest BCUT2D eigenvalue weighted by atomic mass is 16.7. The topological polar surface area (TPSA) is 63.4 Å². The van der Waals surface area contributed by atoms with Crippen LogP contribution < -0.4 is 5.32 Å². The van der Waals surface area contributed by atoms with Crippen molar-refractivity contribution in [3.05, 3.63) is 70.7 Å². The number of carbonyl (C=O) groups is 1. The van der Waals surface area contributed by atoms with Gasteiger partial charge in [-0.1, -0.05) is 49.8 Å². The standard InChI is InChI=1S/C23H28N2O3/c1-15-6-8-16(9-7-15)21(26)19-11-10-18(25-19)20(17-5-4-12-24-17)22-27-13-23(2,3)14-28-22/h5-11,20,22,24-25H,4,12-14H2,1-3H3. The molecule has 3 heterocycles. The van der Waals surface area contributed by atoms with Crippen LogP contribution in [-0.2, 0) is 9.47 Å². The minimum Gasteiger partial charge on any atom is -0.388 e. The summed E-state index contributed by atoms with van der Waals surface area (Å²) in [5.41, 5.74) is 4.44. The average Bonchev–Trinajstić information content (AvgIpc) is 3.36. The molecule has 2 aromatic rings. The third-order valence-corrected chi connectivity index (χ3v) is 5.32. The van der Waals surface area contributed by atoms with Crippen molar-refractivity contribution < 1.29 is 14.3 Å². The second kappa shape index (κ2) is 7.57. The summed E-state index contributed by atoms with van der Waals surface area (Å²) < 4.78 is 12.2. The molecule has 148 valence electrons.